The maximum Gasteiger partial charge on any atom is 0.228 e. The summed E-state index contributed by atoms with van der Waals surface area (Å²) in [5, 5.41) is 8.89. The summed E-state index contributed by atoms with van der Waals surface area (Å²) in [6.07, 6.45) is 2.84. The predicted octanol–water partition coefficient (Wildman–Crippen LogP) is 1.41. The molecule has 1 heterocycles. The van der Waals surface area contributed by atoms with Gasteiger partial charge in [-0.2, -0.15) is 0 Å². The number of carbonyl (C=O) groups is 1. The summed E-state index contributed by atoms with van der Waals surface area (Å²) in [5.41, 5.74) is -0.294. The lowest BCUT2D eigenvalue weighted by molar-refractivity contribution is -0.140. The smallest absolute Gasteiger partial charge is 0.228 e. The van der Waals surface area contributed by atoms with Gasteiger partial charge in [-0.05, 0) is 19.3 Å². The third-order valence-corrected chi connectivity index (χ3v) is 2.74. The fourth-order valence-corrected chi connectivity index (χ4v) is 1.98. The van der Waals surface area contributed by atoms with Crippen LogP contribution in [0, 0.1) is 5.41 Å². The number of carbonyl (C=O) groups excluding carboxylic acids is 1. The van der Waals surface area contributed by atoms with Crippen molar-refractivity contribution >= 4 is 5.91 Å². The van der Waals surface area contributed by atoms with Gasteiger partial charge in [-0.15, -0.1) is 0 Å². The Morgan fingerprint density at radius 2 is 2.14 bits per heavy atom. The average molecular weight is 199 g/mol. The Bertz CT molecular complexity index is 208. The van der Waals surface area contributed by atoms with Crippen LogP contribution in [0.25, 0.3) is 0 Å². The van der Waals surface area contributed by atoms with Crippen LogP contribution in [0.15, 0.2) is 0 Å². The number of amides is 1. The van der Waals surface area contributed by atoms with E-state index < -0.39 is 0 Å². The first-order valence-corrected chi connectivity index (χ1v) is 5.38. The van der Waals surface area contributed by atoms with Crippen molar-refractivity contribution in [2.75, 3.05) is 13.2 Å². The molecule has 0 aliphatic carbocycles. The molecule has 0 spiro atoms. The monoisotopic (exact) mass is 199 g/mol. The summed E-state index contributed by atoms with van der Waals surface area (Å²) in [5.74, 6) is 0.216. The molecule has 0 saturated carbocycles. The Labute approximate surface area is 86.1 Å². The van der Waals surface area contributed by atoms with E-state index in [0.717, 1.165) is 25.8 Å². The van der Waals surface area contributed by atoms with Crippen molar-refractivity contribution in [3.8, 4) is 0 Å². The van der Waals surface area contributed by atoms with Crippen LogP contribution < -0.4 is 0 Å². The number of aliphatic hydroxyl groups is 1. The Morgan fingerprint density at radius 1 is 1.50 bits per heavy atom. The first kappa shape index (κ1) is 11.5. The SMILES string of the molecule is CC(C)(C)C(=O)N1CCCC1CCO. The summed E-state index contributed by atoms with van der Waals surface area (Å²) in [6.45, 7) is 6.89. The van der Waals surface area contributed by atoms with E-state index in [2.05, 4.69) is 0 Å². The van der Waals surface area contributed by atoms with Gasteiger partial charge in [0.05, 0.1) is 0 Å². The van der Waals surface area contributed by atoms with E-state index in [1.54, 1.807) is 0 Å². The van der Waals surface area contributed by atoms with E-state index in [1.165, 1.54) is 0 Å². The molecule has 1 aliphatic rings. The lowest BCUT2D eigenvalue weighted by Gasteiger charge is -2.30. The van der Waals surface area contributed by atoms with Gasteiger partial charge in [0, 0.05) is 24.6 Å². The van der Waals surface area contributed by atoms with E-state index in [9.17, 15) is 4.79 Å². The van der Waals surface area contributed by atoms with Crippen LogP contribution in [-0.2, 0) is 4.79 Å². The maximum absolute atomic E-state index is 12.0. The molecule has 1 fully saturated rings. The largest absolute Gasteiger partial charge is 0.396 e. The number of hydrogen-bond acceptors (Lipinski definition) is 2. The minimum atomic E-state index is -0.294. The number of aliphatic hydroxyl groups excluding tert-OH is 1. The Hall–Kier alpha value is -0.570. The molecule has 1 N–H and O–H groups in total. The second-order valence-corrected chi connectivity index (χ2v) is 5.06. The molecule has 82 valence electrons. The molecule has 1 saturated heterocycles. The number of nitrogens with zero attached hydrogens (tertiary/aromatic N) is 1. The molecule has 0 aromatic rings. The van der Waals surface area contributed by atoms with Crippen LogP contribution in [0.2, 0.25) is 0 Å². The molecule has 1 atom stereocenters. The Morgan fingerprint density at radius 3 is 2.64 bits per heavy atom. The molecule has 1 aliphatic heterocycles. The van der Waals surface area contributed by atoms with Gasteiger partial charge in [0.15, 0.2) is 0 Å². The second-order valence-electron chi connectivity index (χ2n) is 5.06. The summed E-state index contributed by atoms with van der Waals surface area (Å²) >= 11 is 0. The van der Waals surface area contributed by atoms with E-state index in [1.807, 2.05) is 25.7 Å². The molecule has 0 aromatic carbocycles. The van der Waals surface area contributed by atoms with Gasteiger partial charge in [-0.1, -0.05) is 20.8 Å². The topological polar surface area (TPSA) is 40.5 Å². The molecule has 0 radical (unpaired) electrons. The normalized spacial score (nSPS) is 22.9. The van der Waals surface area contributed by atoms with Crippen LogP contribution in [0.4, 0.5) is 0 Å². The average Bonchev–Trinajstić information content (AvgIpc) is 2.50. The molecule has 3 nitrogen and oxygen atoms in total. The number of hydrogen-bond donors (Lipinski definition) is 1. The molecule has 3 heteroatoms. The van der Waals surface area contributed by atoms with Crippen molar-refractivity contribution in [3.05, 3.63) is 0 Å². The van der Waals surface area contributed by atoms with E-state index in [0.29, 0.717) is 0 Å². The molecular formula is C11H21NO2. The Kier molecular flexibility index (Phi) is 3.53. The van der Waals surface area contributed by atoms with Gasteiger partial charge in [0.1, 0.15) is 0 Å². The van der Waals surface area contributed by atoms with Crippen LogP contribution >= 0.6 is 0 Å². The zero-order valence-corrected chi connectivity index (χ0v) is 9.42. The highest BCUT2D eigenvalue weighted by molar-refractivity contribution is 5.82. The fourth-order valence-electron chi connectivity index (χ4n) is 1.98. The van der Waals surface area contributed by atoms with E-state index in [-0.39, 0.29) is 24.0 Å². The molecule has 0 aromatic heterocycles. The molecule has 1 unspecified atom stereocenters. The zero-order chi connectivity index (χ0) is 10.8. The van der Waals surface area contributed by atoms with Crippen LogP contribution in [0.5, 0.6) is 0 Å². The third-order valence-electron chi connectivity index (χ3n) is 2.74. The summed E-state index contributed by atoms with van der Waals surface area (Å²) in [6, 6.07) is 0.270. The summed E-state index contributed by atoms with van der Waals surface area (Å²) in [4.78, 5) is 13.9. The minimum absolute atomic E-state index is 0.179. The third kappa shape index (κ3) is 2.47. The van der Waals surface area contributed by atoms with Crippen molar-refractivity contribution in [2.45, 2.75) is 46.1 Å². The minimum Gasteiger partial charge on any atom is -0.396 e. The molecule has 1 amide bonds. The van der Waals surface area contributed by atoms with Crippen LogP contribution in [-0.4, -0.2) is 35.1 Å². The standard InChI is InChI=1S/C11H21NO2/c1-11(2,3)10(14)12-7-4-5-9(12)6-8-13/h9,13H,4-8H2,1-3H3. The number of rotatable bonds is 2. The summed E-state index contributed by atoms with van der Waals surface area (Å²) in [7, 11) is 0. The van der Waals surface area contributed by atoms with Crippen LogP contribution in [0.1, 0.15) is 40.0 Å². The number of likely N-dealkylation sites (tertiary alicyclic amines) is 1. The summed E-state index contributed by atoms with van der Waals surface area (Å²) < 4.78 is 0. The lowest BCUT2D eigenvalue weighted by Crippen LogP contribution is -2.42. The second kappa shape index (κ2) is 4.30. The molecule has 14 heavy (non-hydrogen) atoms. The van der Waals surface area contributed by atoms with Gasteiger partial charge in [-0.25, -0.2) is 0 Å². The lowest BCUT2D eigenvalue weighted by atomic mass is 9.94. The highest BCUT2D eigenvalue weighted by atomic mass is 16.3. The maximum atomic E-state index is 12.0. The first-order chi connectivity index (χ1) is 6.46. The van der Waals surface area contributed by atoms with Gasteiger partial charge in [-0.3, -0.25) is 4.79 Å². The Balaban J connectivity index is 2.62. The van der Waals surface area contributed by atoms with Crippen molar-refractivity contribution in [1.29, 1.82) is 0 Å². The highest BCUT2D eigenvalue weighted by Crippen LogP contribution is 2.26. The van der Waals surface area contributed by atoms with Crippen molar-refractivity contribution < 1.29 is 9.90 Å². The molecular weight excluding hydrogens is 178 g/mol. The van der Waals surface area contributed by atoms with E-state index in [4.69, 9.17) is 5.11 Å². The van der Waals surface area contributed by atoms with Gasteiger partial charge < -0.3 is 10.0 Å². The van der Waals surface area contributed by atoms with Crippen molar-refractivity contribution in [3.63, 3.8) is 0 Å². The van der Waals surface area contributed by atoms with Crippen molar-refractivity contribution in [2.24, 2.45) is 5.41 Å². The van der Waals surface area contributed by atoms with Gasteiger partial charge >= 0.3 is 0 Å². The fraction of sp³-hybridized carbons (Fsp3) is 0.909. The quantitative estimate of drug-likeness (QED) is 0.730. The zero-order valence-electron chi connectivity index (χ0n) is 9.42. The van der Waals surface area contributed by atoms with Gasteiger partial charge in [0.2, 0.25) is 5.91 Å². The van der Waals surface area contributed by atoms with E-state index >= 15 is 0 Å². The first-order valence-electron chi connectivity index (χ1n) is 5.38. The van der Waals surface area contributed by atoms with Crippen LogP contribution in [0.3, 0.4) is 0 Å². The highest BCUT2D eigenvalue weighted by Gasteiger charge is 2.34. The van der Waals surface area contributed by atoms with Crippen molar-refractivity contribution in [1.82, 2.24) is 4.90 Å². The predicted molar refractivity (Wildman–Crippen MR) is 55.9 cm³/mol. The molecule has 0 bridgehead atoms. The van der Waals surface area contributed by atoms with Gasteiger partial charge in [0.25, 0.3) is 0 Å². The molecule has 1 rings (SSSR count).